The molecule has 2 atom stereocenters. The fourth-order valence-corrected chi connectivity index (χ4v) is 2.67. The third kappa shape index (κ3) is 2.45. The van der Waals surface area contributed by atoms with Crippen LogP contribution in [-0.2, 0) is 9.59 Å². The van der Waals surface area contributed by atoms with Crippen molar-refractivity contribution in [3.63, 3.8) is 0 Å². The number of rotatable bonds is 4. The molecule has 1 heterocycles. The summed E-state index contributed by atoms with van der Waals surface area (Å²) < 4.78 is 13.2. The normalized spacial score (nSPS) is 24.3. The maximum atomic E-state index is 13.2. The number of nitrogens with one attached hydrogen (secondary N) is 1. The van der Waals surface area contributed by atoms with Gasteiger partial charge in [0, 0.05) is 12.1 Å². The monoisotopic (exact) mass is 276 g/mol. The van der Waals surface area contributed by atoms with E-state index >= 15 is 0 Å². The molecule has 1 saturated heterocycles. The standard InChI is InChI=1S/C15H17FN2O2/c1-9(10-3-2-4-11(16)7-10)17-13-8-14(19)18(15(13)20)12-5-6-12/h2-4,7,9,12-13,17H,5-6,8H2,1H3. The van der Waals surface area contributed by atoms with E-state index in [-0.39, 0.29) is 36.1 Å². The van der Waals surface area contributed by atoms with Crippen LogP contribution >= 0.6 is 0 Å². The van der Waals surface area contributed by atoms with E-state index in [1.54, 1.807) is 12.1 Å². The van der Waals surface area contributed by atoms with Crippen LogP contribution < -0.4 is 5.32 Å². The number of likely N-dealkylation sites (tertiary alicyclic amines) is 1. The van der Waals surface area contributed by atoms with E-state index in [9.17, 15) is 14.0 Å². The van der Waals surface area contributed by atoms with Gasteiger partial charge < -0.3 is 0 Å². The first-order valence-corrected chi connectivity index (χ1v) is 6.93. The zero-order valence-corrected chi connectivity index (χ0v) is 11.3. The second kappa shape index (κ2) is 4.98. The number of benzene rings is 1. The highest BCUT2D eigenvalue weighted by atomic mass is 19.1. The van der Waals surface area contributed by atoms with Crippen molar-refractivity contribution < 1.29 is 14.0 Å². The average molecular weight is 276 g/mol. The zero-order valence-electron chi connectivity index (χ0n) is 11.3. The lowest BCUT2D eigenvalue weighted by Crippen LogP contribution is -2.40. The fraction of sp³-hybridized carbons (Fsp3) is 0.467. The first-order chi connectivity index (χ1) is 9.56. The first-order valence-electron chi connectivity index (χ1n) is 6.93. The molecule has 2 amide bonds. The quantitative estimate of drug-likeness (QED) is 0.853. The molecular formula is C15H17FN2O2. The number of imide groups is 1. The number of amides is 2. The number of hydrogen-bond acceptors (Lipinski definition) is 3. The molecule has 0 bridgehead atoms. The Bertz CT molecular complexity index is 557. The van der Waals surface area contributed by atoms with E-state index in [1.165, 1.54) is 17.0 Å². The van der Waals surface area contributed by atoms with Crippen molar-refractivity contribution in [3.05, 3.63) is 35.6 Å². The molecule has 2 fully saturated rings. The second-order valence-electron chi connectivity index (χ2n) is 5.53. The van der Waals surface area contributed by atoms with Gasteiger partial charge in [-0.05, 0) is 37.5 Å². The van der Waals surface area contributed by atoms with Crippen LogP contribution in [0.2, 0.25) is 0 Å². The van der Waals surface area contributed by atoms with Crippen LogP contribution in [0.5, 0.6) is 0 Å². The molecule has 4 nitrogen and oxygen atoms in total. The summed E-state index contributed by atoms with van der Waals surface area (Å²) in [5.41, 5.74) is 0.773. The van der Waals surface area contributed by atoms with Crippen LogP contribution in [-0.4, -0.2) is 28.8 Å². The third-order valence-electron chi connectivity index (χ3n) is 3.89. The van der Waals surface area contributed by atoms with Crippen molar-refractivity contribution in [2.24, 2.45) is 0 Å². The molecule has 1 aliphatic carbocycles. The molecule has 106 valence electrons. The molecule has 1 N–H and O–H groups in total. The summed E-state index contributed by atoms with van der Waals surface area (Å²) in [6.45, 7) is 1.87. The van der Waals surface area contributed by atoms with Crippen LogP contribution in [0.1, 0.15) is 37.8 Å². The lowest BCUT2D eigenvalue weighted by molar-refractivity contribution is -0.139. The summed E-state index contributed by atoms with van der Waals surface area (Å²) in [5, 5.41) is 3.14. The lowest BCUT2D eigenvalue weighted by Gasteiger charge is -2.19. The van der Waals surface area contributed by atoms with Crippen molar-refractivity contribution in [2.75, 3.05) is 0 Å². The van der Waals surface area contributed by atoms with Gasteiger partial charge >= 0.3 is 0 Å². The van der Waals surface area contributed by atoms with Gasteiger partial charge in [-0.3, -0.25) is 19.8 Å². The van der Waals surface area contributed by atoms with Gasteiger partial charge in [-0.2, -0.15) is 0 Å². The summed E-state index contributed by atoms with van der Waals surface area (Å²) in [5.74, 6) is -0.535. The second-order valence-corrected chi connectivity index (χ2v) is 5.53. The molecule has 2 aliphatic rings. The molecule has 1 aliphatic heterocycles. The van der Waals surface area contributed by atoms with E-state index in [4.69, 9.17) is 0 Å². The largest absolute Gasteiger partial charge is 0.299 e. The van der Waals surface area contributed by atoms with Gasteiger partial charge in [-0.25, -0.2) is 4.39 Å². The van der Waals surface area contributed by atoms with Crippen molar-refractivity contribution in [1.29, 1.82) is 0 Å². The number of halogens is 1. The molecule has 0 radical (unpaired) electrons. The number of nitrogens with zero attached hydrogens (tertiary/aromatic N) is 1. The van der Waals surface area contributed by atoms with Gasteiger partial charge in [0.05, 0.1) is 12.5 Å². The Hall–Kier alpha value is -1.75. The fourth-order valence-electron chi connectivity index (χ4n) is 2.67. The Morgan fingerprint density at radius 3 is 2.75 bits per heavy atom. The Morgan fingerprint density at radius 2 is 2.10 bits per heavy atom. The van der Waals surface area contributed by atoms with Crippen molar-refractivity contribution in [1.82, 2.24) is 10.2 Å². The van der Waals surface area contributed by atoms with Crippen molar-refractivity contribution in [2.45, 2.75) is 44.3 Å². The third-order valence-corrected chi connectivity index (χ3v) is 3.89. The van der Waals surface area contributed by atoms with Crippen LogP contribution in [0, 0.1) is 5.82 Å². The maximum absolute atomic E-state index is 13.2. The van der Waals surface area contributed by atoms with Crippen molar-refractivity contribution in [3.8, 4) is 0 Å². The zero-order chi connectivity index (χ0) is 14.3. The van der Waals surface area contributed by atoms with E-state index in [1.807, 2.05) is 6.92 Å². The smallest absolute Gasteiger partial charge is 0.247 e. The SMILES string of the molecule is CC(NC1CC(=O)N(C2CC2)C1=O)c1cccc(F)c1. The van der Waals surface area contributed by atoms with Gasteiger partial charge in [0.25, 0.3) is 0 Å². The summed E-state index contributed by atoms with van der Waals surface area (Å²) in [7, 11) is 0. The molecule has 2 unspecified atom stereocenters. The van der Waals surface area contributed by atoms with Gasteiger partial charge in [-0.15, -0.1) is 0 Å². The molecule has 1 saturated carbocycles. The molecule has 3 rings (SSSR count). The minimum atomic E-state index is -0.485. The highest BCUT2D eigenvalue weighted by Crippen LogP contribution is 2.32. The number of hydrogen-bond donors (Lipinski definition) is 1. The predicted octanol–water partition coefficient (Wildman–Crippen LogP) is 1.77. The molecular weight excluding hydrogens is 259 g/mol. The van der Waals surface area contributed by atoms with Crippen LogP contribution in [0.3, 0.4) is 0 Å². The van der Waals surface area contributed by atoms with E-state index in [2.05, 4.69) is 5.32 Å². The Balaban J connectivity index is 1.69. The molecule has 5 heteroatoms. The molecule has 1 aromatic carbocycles. The minimum Gasteiger partial charge on any atom is -0.299 e. The summed E-state index contributed by atoms with van der Waals surface area (Å²) in [4.78, 5) is 25.5. The molecule has 0 aromatic heterocycles. The van der Waals surface area contributed by atoms with Gasteiger partial charge in [0.15, 0.2) is 0 Å². The average Bonchev–Trinajstić information content (AvgIpc) is 3.18. The van der Waals surface area contributed by atoms with Gasteiger partial charge in [0.1, 0.15) is 5.82 Å². The maximum Gasteiger partial charge on any atom is 0.247 e. The minimum absolute atomic E-state index is 0.0959. The van der Waals surface area contributed by atoms with Crippen LogP contribution in [0.4, 0.5) is 4.39 Å². The molecule has 0 spiro atoms. The number of carbonyl (C=O) groups is 2. The highest BCUT2D eigenvalue weighted by Gasteiger charge is 2.46. The highest BCUT2D eigenvalue weighted by molar-refractivity contribution is 6.06. The molecule has 1 aromatic rings. The number of carbonyl (C=O) groups excluding carboxylic acids is 2. The van der Waals surface area contributed by atoms with Crippen molar-refractivity contribution >= 4 is 11.8 Å². The van der Waals surface area contributed by atoms with E-state index < -0.39 is 6.04 Å². The van der Waals surface area contributed by atoms with Gasteiger partial charge in [-0.1, -0.05) is 12.1 Å². The van der Waals surface area contributed by atoms with Gasteiger partial charge in [0.2, 0.25) is 11.8 Å². The topological polar surface area (TPSA) is 49.4 Å². The first kappa shape index (κ1) is 13.2. The Labute approximate surface area is 117 Å². The Kier molecular flexibility index (Phi) is 3.30. The summed E-state index contributed by atoms with van der Waals surface area (Å²) in [6.07, 6.45) is 2.04. The predicted molar refractivity (Wildman–Crippen MR) is 71.2 cm³/mol. The van der Waals surface area contributed by atoms with E-state index in [0.29, 0.717) is 0 Å². The van der Waals surface area contributed by atoms with E-state index in [0.717, 1.165) is 18.4 Å². The lowest BCUT2D eigenvalue weighted by atomic mass is 10.1. The Morgan fingerprint density at radius 1 is 1.35 bits per heavy atom. The summed E-state index contributed by atoms with van der Waals surface area (Å²) >= 11 is 0. The molecule has 20 heavy (non-hydrogen) atoms. The van der Waals surface area contributed by atoms with Crippen LogP contribution in [0.25, 0.3) is 0 Å². The summed E-state index contributed by atoms with van der Waals surface area (Å²) in [6, 6.07) is 5.73. The van der Waals surface area contributed by atoms with Crippen LogP contribution in [0.15, 0.2) is 24.3 Å².